The number of rotatable bonds is 2. The lowest BCUT2D eigenvalue weighted by atomic mass is 10.2. The quantitative estimate of drug-likeness (QED) is 0.460. The molecule has 0 saturated carbocycles. The average Bonchev–Trinajstić information content (AvgIpc) is 2.24. The van der Waals surface area contributed by atoms with Crippen molar-refractivity contribution in [1.82, 2.24) is 10.8 Å². The zero-order chi connectivity index (χ0) is 10.1. The van der Waals surface area contributed by atoms with Crippen LogP contribution in [-0.2, 0) is 14.4 Å². The lowest BCUT2D eigenvalue weighted by Crippen LogP contribution is -2.40. The molecule has 2 amide bonds. The van der Waals surface area contributed by atoms with Crippen LogP contribution in [0.25, 0.3) is 0 Å². The van der Waals surface area contributed by atoms with Crippen molar-refractivity contribution in [2.24, 2.45) is 0 Å². The molecule has 2 N–H and O–H groups in total. The Labute approximate surface area is 76.8 Å². The molecule has 1 heterocycles. The fraction of sp³-hybridized carbons (Fsp3) is 0.750. The number of nitrogens with one attached hydrogen (secondary N) is 2. The predicted octanol–water partition coefficient (Wildman–Crippen LogP) is -0.279. The predicted molar refractivity (Wildman–Crippen MR) is 45.5 cm³/mol. The van der Waals surface area contributed by atoms with Crippen molar-refractivity contribution in [3.63, 3.8) is 0 Å². The molecule has 5 nitrogen and oxygen atoms in total. The van der Waals surface area contributed by atoms with Gasteiger partial charge in [0.05, 0.1) is 12.0 Å². The van der Waals surface area contributed by atoms with E-state index in [2.05, 4.69) is 10.8 Å². The normalized spacial score (nSPS) is 23.5. The highest BCUT2D eigenvalue weighted by molar-refractivity contribution is 6.05. The van der Waals surface area contributed by atoms with Gasteiger partial charge in [-0.15, -0.1) is 0 Å². The van der Waals surface area contributed by atoms with E-state index in [-0.39, 0.29) is 23.8 Å². The van der Waals surface area contributed by atoms with E-state index in [0.29, 0.717) is 0 Å². The van der Waals surface area contributed by atoms with Gasteiger partial charge in [-0.3, -0.25) is 19.7 Å². The summed E-state index contributed by atoms with van der Waals surface area (Å²) in [6.07, 6.45) is 0.148. The highest BCUT2D eigenvalue weighted by atomic mass is 16.7. The Morgan fingerprint density at radius 3 is 2.46 bits per heavy atom. The lowest BCUT2D eigenvalue weighted by Gasteiger charge is -2.21. The van der Waals surface area contributed by atoms with Crippen LogP contribution >= 0.6 is 0 Å². The van der Waals surface area contributed by atoms with E-state index in [4.69, 9.17) is 4.84 Å². The maximum absolute atomic E-state index is 11.0. The number of hydroxylamine groups is 1. The Bertz CT molecular complexity index is 232. The van der Waals surface area contributed by atoms with Crippen LogP contribution in [0.5, 0.6) is 0 Å². The van der Waals surface area contributed by atoms with E-state index in [0.717, 1.165) is 0 Å². The molecule has 1 rings (SSSR count). The third-order valence-corrected chi connectivity index (χ3v) is 1.48. The molecule has 1 aliphatic rings. The summed E-state index contributed by atoms with van der Waals surface area (Å²) < 4.78 is 0. The molecular weight excluding hydrogens is 172 g/mol. The third kappa shape index (κ3) is 3.12. The minimum absolute atomic E-state index is 0.148. The Morgan fingerprint density at radius 2 is 2.08 bits per heavy atom. The van der Waals surface area contributed by atoms with Gasteiger partial charge in [-0.1, -0.05) is 0 Å². The highest BCUT2D eigenvalue weighted by Gasteiger charge is 2.31. The number of hydrogen-bond acceptors (Lipinski definition) is 4. The van der Waals surface area contributed by atoms with Crippen LogP contribution < -0.4 is 10.8 Å². The van der Waals surface area contributed by atoms with Crippen molar-refractivity contribution in [1.29, 1.82) is 0 Å². The summed E-state index contributed by atoms with van der Waals surface area (Å²) in [5.41, 5.74) is 2.20. The summed E-state index contributed by atoms with van der Waals surface area (Å²) in [6.45, 7) is 5.57. The zero-order valence-electron chi connectivity index (χ0n) is 8.01. The molecule has 1 atom stereocenters. The van der Waals surface area contributed by atoms with Crippen molar-refractivity contribution >= 4 is 11.8 Å². The van der Waals surface area contributed by atoms with Gasteiger partial charge >= 0.3 is 0 Å². The molecule has 0 aromatic heterocycles. The molecule has 0 bridgehead atoms. The molecule has 5 heteroatoms. The van der Waals surface area contributed by atoms with Gasteiger partial charge in [0.1, 0.15) is 6.04 Å². The smallest absolute Gasteiger partial charge is 0.246 e. The summed E-state index contributed by atoms with van der Waals surface area (Å²) in [4.78, 5) is 27.0. The summed E-state index contributed by atoms with van der Waals surface area (Å²) >= 11 is 0. The molecule has 0 aliphatic carbocycles. The Hall–Kier alpha value is -0.940. The van der Waals surface area contributed by atoms with Gasteiger partial charge in [0, 0.05) is 0 Å². The van der Waals surface area contributed by atoms with E-state index < -0.39 is 6.04 Å². The molecule has 74 valence electrons. The minimum atomic E-state index is -0.549. The molecule has 0 aromatic rings. The second kappa shape index (κ2) is 3.43. The van der Waals surface area contributed by atoms with E-state index in [1.807, 2.05) is 20.8 Å². The first kappa shape index (κ1) is 10.1. The van der Waals surface area contributed by atoms with Crippen molar-refractivity contribution in [2.45, 2.75) is 38.8 Å². The van der Waals surface area contributed by atoms with Crippen LogP contribution in [0.4, 0.5) is 0 Å². The largest absolute Gasteiger partial charge is 0.295 e. The van der Waals surface area contributed by atoms with Crippen LogP contribution in [-0.4, -0.2) is 23.5 Å². The lowest BCUT2D eigenvalue weighted by molar-refractivity contribution is -0.131. The Kier molecular flexibility index (Phi) is 2.68. The standard InChI is InChI=1S/C8H14N2O3/c1-8(2,3)13-10-5-4-6(11)9-7(5)12/h5,10H,4H2,1-3H3,(H,9,11,12). The molecular formula is C8H14N2O3. The first-order chi connectivity index (χ1) is 5.88. The number of carbonyl (C=O) groups excluding carboxylic acids is 2. The average molecular weight is 186 g/mol. The molecule has 1 aliphatic heterocycles. The summed E-state index contributed by atoms with van der Waals surface area (Å²) in [5.74, 6) is -0.589. The van der Waals surface area contributed by atoms with Crippen LogP contribution in [0.2, 0.25) is 0 Å². The Balaban J connectivity index is 2.38. The maximum atomic E-state index is 11.0. The van der Waals surface area contributed by atoms with E-state index in [1.54, 1.807) is 0 Å². The molecule has 0 aromatic carbocycles. The van der Waals surface area contributed by atoms with Gasteiger partial charge in [-0.05, 0) is 20.8 Å². The van der Waals surface area contributed by atoms with Crippen LogP contribution in [0.15, 0.2) is 0 Å². The van der Waals surface area contributed by atoms with Crippen molar-refractivity contribution < 1.29 is 14.4 Å². The fourth-order valence-electron chi connectivity index (χ4n) is 0.897. The molecule has 0 radical (unpaired) electrons. The van der Waals surface area contributed by atoms with Gasteiger partial charge in [0.15, 0.2) is 0 Å². The first-order valence-corrected chi connectivity index (χ1v) is 4.16. The van der Waals surface area contributed by atoms with Crippen molar-refractivity contribution in [3.8, 4) is 0 Å². The molecule has 1 unspecified atom stereocenters. The summed E-state index contributed by atoms with van der Waals surface area (Å²) in [6, 6.07) is -0.549. The van der Waals surface area contributed by atoms with Crippen molar-refractivity contribution in [3.05, 3.63) is 0 Å². The minimum Gasteiger partial charge on any atom is -0.295 e. The topological polar surface area (TPSA) is 67.4 Å². The number of imide groups is 1. The zero-order valence-corrected chi connectivity index (χ0v) is 8.01. The van der Waals surface area contributed by atoms with E-state index >= 15 is 0 Å². The second-order valence-corrected chi connectivity index (χ2v) is 4.00. The van der Waals surface area contributed by atoms with E-state index in [1.165, 1.54) is 0 Å². The van der Waals surface area contributed by atoms with Gasteiger partial charge < -0.3 is 0 Å². The van der Waals surface area contributed by atoms with E-state index in [9.17, 15) is 9.59 Å². The van der Waals surface area contributed by atoms with Crippen LogP contribution in [0.1, 0.15) is 27.2 Å². The monoisotopic (exact) mass is 186 g/mol. The SMILES string of the molecule is CC(C)(C)ONC1CC(=O)NC1=O. The van der Waals surface area contributed by atoms with Crippen molar-refractivity contribution in [2.75, 3.05) is 0 Å². The van der Waals surface area contributed by atoms with Crippen LogP contribution in [0, 0.1) is 0 Å². The van der Waals surface area contributed by atoms with Gasteiger partial charge in [-0.2, -0.15) is 5.48 Å². The summed E-state index contributed by atoms with van der Waals surface area (Å²) in [7, 11) is 0. The number of carbonyl (C=O) groups is 2. The third-order valence-electron chi connectivity index (χ3n) is 1.48. The van der Waals surface area contributed by atoms with Crippen LogP contribution in [0.3, 0.4) is 0 Å². The molecule has 1 fully saturated rings. The van der Waals surface area contributed by atoms with Gasteiger partial charge in [0.2, 0.25) is 11.8 Å². The fourth-order valence-corrected chi connectivity index (χ4v) is 0.897. The molecule has 1 saturated heterocycles. The summed E-state index contributed by atoms with van der Waals surface area (Å²) in [5, 5.41) is 2.18. The highest BCUT2D eigenvalue weighted by Crippen LogP contribution is 2.07. The molecule has 13 heavy (non-hydrogen) atoms. The Morgan fingerprint density at radius 1 is 1.46 bits per heavy atom. The maximum Gasteiger partial charge on any atom is 0.246 e. The number of hydrogen-bond donors (Lipinski definition) is 2. The first-order valence-electron chi connectivity index (χ1n) is 4.16. The second-order valence-electron chi connectivity index (χ2n) is 4.00. The number of amides is 2. The van der Waals surface area contributed by atoms with Gasteiger partial charge in [-0.25, -0.2) is 0 Å². The molecule has 0 spiro atoms. The van der Waals surface area contributed by atoms with Gasteiger partial charge in [0.25, 0.3) is 0 Å².